The van der Waals surface area contributed by atoms with Crippen LogP contribution >= 0.6 is 0 Å². The van der Waals surface area contributed by atoms with E-state index >= 15 is 0 Å². The van der Waals surface area contributed by atoms with Crippen LogP contribution in [0.3, 0.4) is 0 Å². The third-order valence-electron chi connectivity index (χ3n) is 1.58. The molecule has 1 heterocycles. The lowest BCUT2D eigenvalue weighted by atomic mass is 10.1. The summed E-state index contributed by atoms with van der Waals surface area (Å²) in [7, 11) is 0. The first-order chi connectivity index (χ1) is 5.61. The molecule has 0 unspecified atom stereocenters. The first-order valence-electron chi connectivity index (χ1n) is 3.94. The van der Waals surface area contributed by atoms with E-state index in [1.54, 1.807) is 6.07 Å². The Morgan fingerprint density at radius 3 is 2.58 bits per heavy atom. The predicted octanol–water partition coefficient (Wildman–Crippen LogP) is 1.62. The average molecular weight is 164 g/mol. The third-order valence-corrected chi connectivity index (χ3v) is 1.58. The number of ketones is 1. The van der Waals surface area contributed by atoms with Crippen molar-refractivity contribution in [3.63, 3.8) is 0 Å². The van der Waals surface area contributed by atoms with Gasteiger partial charge in [0, 0.05) is 11.6 Å². The summed E-state index contributed by atoms with van der Waals surface area (Å²) in [6.07, 6.45) is 1.42. The van der Waals surface area contributed by atoms with E-state index in [1.165, 1.54) is 6.33 Å². The van der Waals surface area contributed by atoms with Crippen molar-refractivity contribution in [1.82, 2.24) is 9.97 Å². The van der Waals surface area contributed by atoms with Crippen LogP contribution in [0, 0.1) is 12.8 Å². The van der Waals surface area contributed by atoms with Crippen molar-refractivity contribution in [1.29, 1.82) is 0 Å². The zero-order valence-electron chi connectivity index (χ0n) is 7.53. The van der Waals surface area contributed by atoms with Crippen LogP contribution in [0.2, 0.25) is 0 Å². The van der Waals surface area contributed by atoms with E-state index in [1.807, 2.05) is 20.8 Å². The molecule has 0 radical (unpaired) electrons. The quantitative estimate of drug-likeness (QED) is 0.624. The molecule has 0 aliphatic rings. The summed E-state index contributed by atoms with van der Waals surface area (Å²) >= 11 is 0. The van der Waals surface area contributed by atoms with E-state index in [-0.39, 0.29) is 11.7 Å². The summed E-state index contributed by atoms with van der Waals surface area (Å²) in [4.78, 5) is 19.2. The minimum atomic E-state index is -0.000648. The van der Waals surface area contributed by atoms with Gasteiger partial charge in [-0.2, -0.15) is 0 Å². The summed E-state index contributed by atoms with van der Waals surface area (Å²) in [6.45, 7) is 5.57. The first-order valence-corrected chi connectivity index (χ1v) is 3.94. The smallest absolute Gasteiger partial charge is 0.183 e. The Morgan fingerprint density at radius 2 is 2.08 bits per heavy atom. The van der Waals surface area contributed by atoms with E-state index in [0.29, 0.717) is 5.69 Å². The van der Waals surface area contributed by atoms with Crippen molar-refractivity contribution in [3.05, 3.63) is 23.8 Å². The Hall–Kier alpha value is -1.25. The van der Waals surface area contributed by atoms with Crippen LogP contribution in [0.1, 0.15) is 30.0 Å². The standard InChI is InChI=1S/C9H12N2O/c1-6(2)9(12)8-4-7(3)10-5-11-8/h4-6H,1-3H3. The molecule has 64 valence electrons. The van der Waals surface area contributed by atoms with Crippen molar-refractivity contribution < 1.29 is 4.79 Å². The van der Waals surface area contributed by atoms with Crippen LogP contribution in [-0.4, -0.2) is 15.8 Å². The number of rotatable bonds is 2. The van der Waals surface area contributed by atoms with Crippen LogP contribution in [0.15, 0.2) is 12.4 Å². The van der Waals surface area contributed by atoms with Gasteiger partial charge in [0.25, 0.3) is 0 Å². The molecule has 0 spiro atoms. The van der Waals surface area contributed by atoms with Crippen molar-refractivity contribution in [3.8, 4) is 0 Å². The average Bonchev–Trinajstić information content (AvgIpc) is 2.03. The summed E-state index contributed by atoms with van der Waals surface area (Å²) in [5, 5.41) is 0. The fraction of sp³-hybridized carbons (Fsp3) is 0.444. The second-order valence-electron chi connectivity index (χ2n) is 3.06. The fourth-order valence-corrected chi connectivity index (χ4v) is 0.885. The van der Waals surface area contributed by atoms with E-state index in [0.717, 1.165) is 5.69 Å². The molecule has 0 atom stereocenters. The maximum absolute atomic E-state index is 11.4. The number of nitrogens with zero attached hydrogens (tertiary/aromatic N) is 2. The predicted molar refractivity (Wildman–Crippen MR) is 45.9 cm³/mol. The maximum Gasteiger partial charge on any atom is 0.183 e. The highest BCUT2D eigenvalue weighted by molar-refractivity contribution is 5.95. The summed E-state index contributed by atoms with van der Waals surface area (Å²) in [5.41, 5.74) is 1.34. The molecule has 3 nitrogen and oxygen atoms in total. The van der Waals surface area contributed by atoms with E-state index in [2.05, 4.69) is 9.97 Å². The number of hydrogen-bond acceptors (Lipinski definition) is 3. The van der Waals surface area contributed by atoms with Gasteiger partial charge in [-0.15, -0.1) is 0 Å². The first kappa shape index (κ1) is 8.84. The minimum Gasteiger partial charge on any atom is -0.292 e. The van der Waals surface area contributed by atoms with Crippen molar-refractivity contribution in [2.24, 2.45) is 5.92 Å². The Kier molecular flexibility index (Phi) is 2.53. The molecular formula is C9H12N2O. The molecule has 1 aromatic rings. The monoisotopic (exact) mass is 164 g/mol. The molecule has 0 aromatic carbocycles. The van der Waals surface area contributed by atoms with Gasteiger partial charge in [0.1, 0.15) is 12.0 Å². The maximum atomic E-state index is 11.4. The number of carbonyl (C=O) groups excluding carboxylic acids is 1. The normalized spacial score (nSPS) is 10.3. The molecule has 1 aromatic heterocycles. The highest BCUT2D eigenvalue weighted by Crippen LogP contribution is 2.05. The zero-order chi connectivity index (χ0) is 9.14. The summed E-state index contributed by atoms with van der Waals surface area (Å²) in [6, 6.07) is 1.71. The molecule has 3 heteroatoms. The van der Waals surface area contributed by atoms with Crippen LogP contribution in [0.25, 0.3) is 0 Å². The van der Waals surface area contributed by atoms with Gasteiger partial charge >= 0.3 is 0 Å². The van der Waals surface area contributed by atoms with Crippen molar-refractivity contribution in [2.45, 2.75) is 20.8 Å². The lowest BCUT2D eigenvalue weighted by Gasteiger charge is -2.02. The molecule has 0 fully saturated rings. The Bertz CT molecular complexity index is 294. The molecule has 0 N–H and O–H groups in total. The second kappa shape index (κ2) is 3.43. The Balaban J connectivity index is 2.96. The molecule has 0 amide bonds. The molecule has 0 aliphatic carbocycles. The SMILES string of the molecule is Cc1cc(C(=O)C(C)C)ncn1. The summed E-state index contributed by atoms with van der Waals surface area (Å²) < 4.78 is 0. The van der Waals surface area contributed by atoms with Gasteiger partial charge in [-0.25, -0.2) is 9.97 Å². The zero-order valence-corrected chi connectivity index (χ0v) is 7.53. The lowest BCUT2D eigenvalue weighted by molar-refractivity contribution is 0.0934. The molecule has 0 saturated carbocycles. The summed E-state index contributed by atoms with van der Waals surface area (Å²) in [5.74, 6) is 0.0693. The van der Waals surface area contributed by atoms with Crippen LogP contribution in [0.5, 0.6) is 0 Å². The van der Waals surface area contributed by atoms with Gasteiger partial charge in [0.15, 0.2) is 5.78 Å². The van der Waals surface area contributed by atoms with E-state index < -0.39 is 0 Å². The number of carbonyl (C=O) groups is 1. The number of hydrogen-bond donors (Lipinski definition) is 0. The second-order valence-corrected chi connectivity index (χ2v) is 3.06. The van der Waals surface area contributed by atoms with Gasteiger partial charge in [0.05, 0.1) is 0 Å². The van der Waals surface area contributed by atoms with Gasteiger partial charge in [-0.1, -0.05) is 13.8 Å². The van der Waals surface area contributed by atoms with E-state index in [9.17, 15) is 4.79 Å². The van der Waals surface area contributed by atoms with Crippen LogP contribution in [0.4, 0.5) is 0 Å². The third kappa shape index (κ3) is 1.87. The van der Waals surface area contributed by atoms with Crippen molar-refractivity contribution in [2.75, 3.05) is 0 Å². The van der Waals surface area contributed by atoms with Gasteiger partial charge in [0.2, 0.25) is 0 Å². The van der Waals surface area contributed by atoms with Gasteiger partial charge in [-0.05, 0) is 13.0 Å². The molecule has 1 rings (SSSR count). The largest absolute Gasteiger partial charge is 0.292 e. The molecule has 12 heavy (non-hydrogen) atoms. The van der Waals surface area contributed by atoms with Crippen LogP contribution in [-0.2, 0) is 0 Å². The fourth-order valence-electron chi connectivity index (χ4n) is 0.885. The van der Waals surface area contributed by atoms with Crippen LogP contribution < -0.4 is 0 Å². The van der Waals surface area contributed by atoms with Gasteiger partial charge in [-0.3, -0.25) is 4.79 Å². The molecule has 0 bridgehead atoms. The number of Topliss-reactive ketones (excluding diaryl/α,β-unsaturated/α-hetero) is 1. The number of aryl methyl sites for hydroxylation is 1. The van der Waals surface area contributed by atoms with Gasteiger partial charge < -0.3 is 0 Å². The van der Waals surface area contributed by atoms with Crippen molar-refractivity contribution >= 4 is 5.78 Å². The molecular weight excluding hydrogens is 152 g/mol. The highest BCUT2D eigenvalue weighted by Gasteiger charge is 2.11. The Morgan fingerprint density at radius 1 is 1.42 bits per heavy atom. The molecule has 0 aliphatic heterocycles. The van der Waals surface area contributed by atoms with E-state index in [4.69, 9.17) is 0 Å². The minimum absolute atomic E-state index is 0.000648. The Labute approximate surface area is 71.9 Å². The number of aromatic nitrogens is 2. The topological polar surface area (TPSA) is 42.9 Å². The lowest BCUT2D eigenvalue weighted by Crippen LogP contribution is -2.09. The highest BCUT2D eigenvalue weighted by atomic mass is 16.1. The molecule has 0 saturated heterocycles.